The van der Waals surface area contributed by atoms with Crippen molar-refractivity contribution >= 4 is 32.9 Å². The summed E-state index contributed by atoms with van der Waals surface area (Å²) in [6.45, 7) is 3.87. The van der Waals surface area contributed by atoms with E-state index in [-0.39, 0.29) is 17.0 Å². The first-order chi connectivity index (χ1) is 12.4. The third-order valence-electron chi connectivity index (χ3n) is 4.22. The lowest BCUT2D eigenvalue weighted by Crippen LogP contribution is -2.44. The Morgan fingerprint density at radius 2 is 2.19 bits per heavy atom. The van der Waals surface area contributed by atoms with Crippen molar-refractivity contribution in [3.8, 4) is 0 Å². The van der Waals surface area contributed by atoms with Crippen LogP contribution in [-0.2, 0) is 14.6 Å². The molecule has 1 atom stereocenters. The highest BCUT2D eigenvalue weighted by Gasteiger charge is 2.25. The number of rotatable bonds is 4. The van der Waals surface area contributed by atoms with E-state index >= 15 is 0 Å². The number of aromatic amines is 1. The smallest absolute Gasteiger partial charge is 0.248 e. The van der Waals surface area contributed by atoms with Gasteiger partial charge in [0.2, 0.25) is 5.95 Å². The number of aromatic nitrogens is 5. The molecule has 11 heteroatoms. The monoisotopic (exact) mass is 377 g/mol. The standard InChI is InChI=1S/C15H19N7O3S/c1-10-9-25-8-7-21(10)14-11-3-4-13(26(2,23)24)22(11)20-15(18-14)17-12-5-6-16-19-12/h3-6,10H,7-9H2,1-2H3,(H2,16,17,19,20). The van der Waals surface area contributed by atoms with Gasteiger partial charge in [-0.25, -0.2) is 12.9 Å². The van der Waals surface area contributed by atoms with Gasteiger partial charge in [-0.1, -0.05) is 0 Å². The van der Waals surface area contributed by atoms with E-state index in [4.69, 9.17) is 4.74 Å². The Morgan fingerprint density at radius 1 is 1.35 bits per heavy atom. The average molecular weight is 377 g/mol. The molecular weight excluding hydrogens is 358 g/mol. The highest BCUT2D eigenvalue weighted by Crippen LogP contribution is 2.27. The molecule has 0 amide bonds. The van der Waals surface area contributed by atoms with Gasteiger partial charge in [0.05, 0.1) is 25.5 Å². The molecule has 0 aromatic carbocycles. The van der Waals surface area contributed by atoms with E-state index in [9.17, 15) is 8.42 Å². The Hall–Kier alpha value is -2.66. The molecule has 1 fully saturated rings. The maximum atomic E-state index is 12.1. The Bertz CT molecular complexity index is 1030. The Morgan fingerprint density at radius 3 is 2.88 bits per heavy atom. The summed E-state index contributed by atoms with van der Waals surface area (Å²) >= 11 is 0. The second kappa shape index (κ2) is 6.25. The van der Waals surface area contributed by atoms with Crippen molar-refractivity contribution < 1.29 is 13.2 Å². The second-order valence-corrected chi connectivity index (χ2v) is 8.18. The number of ether oxygens (including phenoxy) is 1. The number of sulfone groups is 1. The lowest BCUT2D eigenvalue weighted by atomic mass is 10.2. The van der Waals surface area contributed by atoms with Crippen molar-refractivity contribution in [2.45, 2.75) is 18.0 Å². The van der Waals surface area contributed by atoms with Crippen LogP contribution in [0, 0.1) is 0 Å². The quantitative estimate of drug-likeness (QED) is 0.686. The van der Waals surface area contributed by atoms with Crippen LogP contribution in [0.15, 0.2) is 29.4 Å². The van der Waals surface area contributed by atoms with E-state index in [0.717, 1.165) is 6.26 Å². The van der Waals surface area contributed by atoms with Crippen molar-refractivity contribution in [2.24, 2.45) is 0 Å². The third-order valence-corrected chi connectivity index (χ3v) is 5.29. The van der Waals surface area contributed by atoms with E-state index in [0.29, 0.717) is 36.9 Å². The Balaban J connectivity index is 1.89. The predicted molar refractivity (Wildman–Crippen MR) is 95.6 cm³/mol. The first kappa shape index (κ1) is 16.8. The molecule has 0 radical (unpaired) electrons. The summed E-state index contributed by atoms with van der Waals surface area (Å²) in [5.41, 5.74) is 0.634. The molecule has 2 N–H and O–H groups in total. The fourth-order valence-corrected chi connectivity index (χ4v) is 3.76. The van der Waals surface area contributed by atoms with Gasteiger partial charge in [0, 0.05) is 18.9 Å². The number of hydrogen-bond acceptors (Lipinski definition) is 8. The van der Waals surface area contributed by atoms with Crippen LogP contribution >= 0.6 is 0 Å². The molecule has 4 heterocycles. The minimum absolute atomic E-state index is 0.110. The molecule has 138 valence electrons. The van der Waals surface area contributed by atoms with Gasteiger partial charge in [-0.15, -0.1) is 5.10 Å². The van der Waals surface area contributed by atoms with Crippen molar-refractivity contribution in [1.29, 1.82) is 0 Å². The summed E-state index contributed by atoms with van der Waals surface area (Å²) in [4.78, 5) is 6.73. The third kappa shape index (κ3) is 2.99. The number of H-pyrrole nitrogens is 1. The number of fused-ring (bicyclic) bond motifs is 1. The van der Waals surface area contributed by atoms with Crippen molar-refractivity contribution in [3.05, 3.63) is 24.4 Å². The minimum Gasteiger partial charge on any atom is -0.377 e. The minimum atomic E-state index is -3.44. The van der Waals surface area contributed by atoms with Gasteiger partial charge < -0.3 is 15.0 Å². The van der Waals surface area contributed by atoms with Crippen LogP contribution in [0.4, 0.5) is 17.6 Å². The topological polar surface area (TPSA) is 118 Å². The zero-order valence-electron chi connectivity index (χ0n) is 14.4. The summed E-state index contributed by atoms with van der Waals surface area (Å²) in [5.74, 6) is 1.54. The van der Waals surface area contributed by atoms with E-state index in [2.05, 4.69) is 30.5 Å². The lowest BCUT2D eigenvalue weighted by molar-refractivity contribution is 0.0986. The Labute approximate surface area is 150 Å². The zero-order valence-corrected chi connectivity index (χ0v) is 15.2. The van der Waals surface area contributed by atoms with Crippen LogP contribution in [0.1, 0.15) is 6.92 Å². The summed E-state index contributed by atoms with van der Waals surface area (Å²) in [5, 5.41) is 14.2. The molecule has 0 saturated carbocycles. The highest BCUT2D eigenvalue weighted by molar-refractivity contribution is 7.90. The molecule has 3 aromatic rings. The predicted octanol–water partition coefficient (Wildman–Crippen LogP) is 0.825. The van der Waals surface area contributed by atoms with Crippen LogP contribution < -0.4 is 10.2 Å². The number of hydrogen-bond donors (Lipinski definition) is 2. The molecule has 0 aliphatic carbocycles. The molecule has 1 aliphatic heterocycles. The molecule has 26 heavy (non-hydrogen) atoms. The van der Waals surface area contributed by atoms with E-state index < -0.39 is 9.84 Å². The maximum absolute atomic E-state index is 12.1. The van der Waals surface area contributed by atoms with E-state index in [1.807, 2.05) is 6.92 Å². The molecule has 1 aliphatic rings. The number of morpholine rings is 1. The summed E-state index contributed by atoms with van der Waals surface area (Å²) in [6, 6.07) is 5.12. The fraction of sp³-hybridized carbons (Fsp3) is 0.400. The average Bonchev–Trinajstić information content (AvgIpc) is 3.23. The van der Waals surface area contributed by atoms with E-state index in [1.54, 1.807) is 24.4 Å². The number of anilines is 3. The van der Waals surface area contributed by atoms with E-state index in [1.165, 1.54) is 4.52 Å². The molecule has 0 spiro atoms. The fourth-order valence-electron chi connectivity index (χ4n) is 2.99. The summed E-state index contributed by atoms with van der Waals surface area (Å²) in [7, 11) is -3.44. The van der Waals surface area contributed by atoms with Crippen molar-refractivity contribution in [1.82, 2.24) is 24.8 Å². The van der Waals surface area contributed by atoms with Crippen LogP contribution in [0.5, 0.6) is 0 Å². The van der Waals surface area contributed by atoms with Gasteiger partial charge in [0.15, 0.2) is 20.7 Å². The van der Waals surface area contributed by atoms with Crippen molar-refractivity contribution in [2.75, 3.05) is 36.2 Å². The van der Waals surface area contributed by atoms with Gasteiger partial charge in [-0.05, 0) is 19.1 Å². The molecule has 0 bridgehead atoms. The van der Waals surface area contributed by atoms with Crippen LogP contribution in [0.2, 0.25) is 0 Å². The molecule has 3 aromatic heterocycles. The molecule has 1 unspecified atom stereocenters. The molecule has 4 rings (SSSR count). The second-order valence-electron chi connectivity index (χ2n) is 6.21. The lowest BCUT2D eigenvalue weighted by Gasteiger charge is -2.34. The van der Waals surface area contributed by atoms with Crippen LogP contribution in [-0.4, -0.2) is 65.3 Å². The largest absolute Gasteiger partial charge is 0.377 e. The highest BCUT2D eigenvalue weighted by atomic mass is 32.2. The normalized spacial score (nSPS) is 18.4. The van der Waals surface area contributed by atoms with Gasteiger partial charge in [0.25, 0.3) is 0 Å². The van der Waals surface area contributed by atoms with Gasteiger partial charge in [0.1, 0.15) is 11.3 Å². The maximum Gasteiger partial charge on any atom is 0.248 e. The molecule has 1 saturated heterocycles. The first-order valence-electron chi connectivity index (χ1n) is 8.14. The van der Waals surface area contributed by atoms with Gasteiger partial charge >= 0.3 is 0 Å². The van der Waals surface area contributed by atoms with Crippen LogP contribution in [0.3, 0.4) is 0 Å². The SMILES string of the molecule is CC1COCCN1c1nc(Nc2ccn[nH]2)nn2c(S(C)(=O)=O)ccc12. The molecule has 10 nitrogen and oxygen atoms in total. The van der Waals surface area contributed by atoms with Gasteiger partial charge in [-0.3, -0.25) is 5.10 Å². The van der Waals surface area contributed by atoms with Gasteiger partial charge in [-0.2, -0.15) is 10.1 Å². The summed E-state index contributed by atoms with van der Waals surface area (Å²) in [6.07, 6.45) is 2.76. The Kier molecular flexibility index (Phi) is 4.04. The number of nitrogens with one attached hydrogen (secondary N) is 2. The first-order valence-corrected chi connectivity index (χ1v) is 10.0. The molecular formula is C15H19N7O3S. The van der Waals surface area contributed by atoms with Crippen molar-refractivity contribution in [3.63, 3.8) is 0 Å². The summed E-state index contributed by atoms with van der Waals surface area (Å²) < 4.78 is 31.2. The van der Waals surface area contributed by atoms with Crippen LogP contribution in [0.25, 0.3) is 5.52 Å². The zero-order chi connectivity index (χ0) is 18.3. The number of nitrogens with zero attached hydrogens (tertiary/aromatic N) is 5.